The molecular weight excluding hydrogens is 402 g/mol. The Bertz CT molecular complexity index is 1080. The van der Waals surface area contributed by atoms with Crippen molar-refractivity contribution in [2.75, 3.05) is 6.61 Å². The van der Waals surface area contributed by atoms with Crippen LogP contribution in [-0.2, 0) is 4.74 Å². The number of aryl methyl sites for hydroxylation is 1. The number of aliphatic hydroxyl groups excluding tert-OH is 4. The zero-order valence-electron chi connectivity index (χ0n) is 15.3. The number of nitrogens with zero attached hydrogens (tertiary/aromatic N) is 1. The van der Waals surface area contributed by atoms with Crippen LogP contribution in [-0.4, -0.2) is 62.7 Å². The molecule has 2 aromatic heterocycles. The van der Waals surface area contributed by atoms with Crippen LogP contribution in [0.25, 0.3) is 22.2 Å². The predicted molar refractivity (Wildman–Crippen MR) is 103 cm³/mol. The van der Waals surface area contributed by atoms with Gasteiger partial charge in [-0.1, -0.05) is 0 Å². The summed E-state index contributed by atoms with van der Waals surface area (Å²) >= 11 is 1.43. The Kier molecular flexibility index (Phi) is 5.38. The number of aliphatic hydroxyl groups is 4. The lowest BCUT2D eigenvalue weighted by Crippen LogP contribution is -2.60. The third kappa shape index (κ3) is 3.66. The smallest absolute Gasteiger partial charge is 0.229 e. The number of thiazole rings is 1. The summed E-state index contributed by atoms with van der Waals surface area (Å²) in [6.45, 7) is 1.29. The molecule has 154 valence electrons. The number of ether oxygens (including phenoxy) is 2. The normalized spacial score (nSPS) is 27.3. The molecule has 4 N–H and O–H groups in total. The van der Waals surface area contributed by atoms with Gasteiger partial charge >= 0.3 is 0 Å². The second kappa shape index (κ2) is 7.82. The molecule has 5 atom stereocenters. The molecule has 0 amide bonds. The largest absolute Gasteiger partial charge is 0.463 e. The fourth-order valence-corrected chi connectivity index (χ4v) is 3.76. The number of hydrogen-bond acceptors (Lipinski definition) is 10. The van der Waals surface area contributed by atoms with E-state index in [9.17, 15) is 25.2 Å². The molecule has 1 saturated heterocycles. The lowest BCUT2D eigenvalue weighted by atomic mass is 9.99. The van der Waals surface area contributed by atoms with E-state index in [4.69, 9.17) is 13.9 Å². The van der Waals surface area contributed by atoms with Crippen molar-refractivity contribution in [2.45, 2.75) is 37.6 Å². The summed E-state index contributed by atoms with van der Waals surface area (Å²) in [4.78, 5) is 17.1. The van der Waals surface area contributed by atoms with E-state index < -0.39 is 37.3 Å². The first kappa shape index (κ1) is 20.0. The number of aromatic nitrogens is 1. The van der Waals surface area contributed by atoms with Crippen molar-refractivity contribution in [3.05, 3.63) is 45.1 Å². The molecule has 1 aromatic carbocycles. The summed E-state index contributed by atoms with van der Waals surface area (Å²) in [5, 5.41) is 42.0. The summed E-state index contributed by atoms with van der Waals surface area (Å²) in [7, 11) is 0. The van der Waals surface area contributed by atoms with E-state index >= 15 is 0 Å². The van der Waals surface area contributed by atoms with E-state index in [1.807, 2.05) is 6.92 Å². The van der Waals surface area contributed by atoms with Crippen molar-refractivity contribution >= 4 is 22.3 Å². The van der Waals surface area contributed by atoms with Gasteiger partial charge in [0.05, 0.1) is 28.3 Å². The highest BCUT2D eigenvalue weighted by Gasteiger charge is 2.44. The average molecular weight is 421 g/mol. The summed E-state index contributed by atoms with van der Waals surface area (Å²) in [5.74, 6) is 0.210. The van der Waals surface area contributed by atoms with E-state index in [1.54, 1.807) is 5.38 Å². The Morgan fingerprint density at radius 2 is 2.00 bits per heavy atom. The van der Waals surface area contributed by atoms with Crippen LogP contribution in [0, 0.1) is 6.92 Å². The molecular formula is C19H19NO8S. The summed E-state index contributed by atoms with van der Waals surface area (Å²) in [6.07, 6.45) is -5.64. The fourth-order valence-electron chi connectivity index (χ4n) is 3.14. The van der Waals surface area contributed by atoms with Crippen LogP contribution in [0.1, 0.15) is 5.01 Å². The highest BCUT2D eigenvalue weighted by Crippen LogP contribution is 2.27. The Balaban J connectivity index is 1.62. The van der Waals surface area contributed by atoms with Gasteiger partial charge in [-0.05, 0) is 19.1 Å². The Labute approximate surface area is 168 Å². The lowest BCUT2D eigenvalue weighted by molar-refractivity contribution is -0.277. The summed E-state index contributed by atoms with van der Waals surface area (Å²) in [6, 6.07) is 4.47. The monoisotopic (exact) mass is 421 g/mol. The van der Waals surface area contributed by atoms with Crippen LogP contribution >= 0.6 is 11.3 Å². The van der Waals surface area contributed by atoms with Crippen LogP contribution in [0.2, 0.25) is 0 Å². The molecule has 1 aliphatic rings. The Hall–Kier alpha value is -2.34. The maximum Gasteiger partial charge on any atom is 0.229 e. The molecule has 0 spiro atoms. The quantitative estimate of drug-likeness (QED) is 0.471. The zero-order valence-corrected chi connectivity index (χ0v) is 16.1. The summed E-state index contributed by atoms with van der Waals surface area (Å²) < 4.78 is 16.5. The van der Waals surface area contributed by atoms with Crippen LogP contribution in [0.3, 0.4) is 0 Å². The van der Waals surface area contributed by atoms with Gasteiger partial charge in [-0.2, -0.15) is 0 Å². The molecule has 0 saturated carbocycles. The average Bonchev–Trinajstić information content (AvgIpc) is 3.14. The van der Waals surface area contributed by atoms with Crippen LogP contribution < -0.4 is 10.2 Å². The predicted octanol–water partition coefficient (Wildman–Crippen LogP) is 0.404. The number of rotatable bonds is 4. The van der Waals surface area contributed by atoms with E-state index in [2.05, 4.69) is 4.98 Å². The third-order valence-corrected chi connectivity index (χ3v) is 5.52. The first-order chi connectivity index (χ1) is 13.9. The molecule has 0 unspecified atom stereocenters. The van der Waals surface area contributed by atoms with Crippen molar-refractivity contribution in [1.82, 2.24) is 4.98 Å². The zero-order chi connectivity index (χ0) is 20.7. The Morgan fingerprint density at radius 3 is 2.69 bits per heavy atom. The lowest BCUT2D eigenvalue weighted by Gasteiger charge is -2.39. The molecule has 29 heavy (non-hydrogen) atoms. The first-order valence-corrected chi connectivity index (χ1v) is 9.72. The van der Waals surface area contributed by atoms with Gasteiger partial charge in [-0.15, -0.1) is 11.3 Å². The van der Waals surface area contributed by atoms with Gasteiger partial charge < -0.3 is 34.3 Å². The standard InChI is InChI=1S/C19H19NO8S/c1-8-20-12(7-29-8)11-6-26-13-4-9(2-3-10(13)15(11)22)27-19-18(25)17(24)16(23)14(5-21)28-19/h2-4,6-7,14,16-19,21,23-25H,5H2,1H3/t14-,16-,17+,18-,19-/m0/s1. The van der Waals surface area contributed by atoms with Crippen LogP contribution in [0.4, 0.5) is 0 Å². The molecule has 9 nitrogen and oxygen atoms in total. The fraction of sp³-hybridized carbons (Fsp3) is 0.368. The van der Waals surface area contributed by atoms with Gasteiger partial charge in [-0.25, -0.2) is 4.98 Å². The molecule has 1 aliphatic heterocycles. The first-order valence-electron chi connectivity index (χ1n) is 8.84. The van der Waals surface area contributed by atoms with Gasteiger partial charge in [0, 0.05) is 11.4 Å². The van der Waals surface area contributed by atoms with Crippen molar-refractivity contribution in [2.24, 2.45) is 0 Å². The molecule has 4 rings (SSSR count). The second-order valence-corrected chi connectivity index (χ2v) is 7.77. The minimum absolute atomic E-state index is 0.210. The second-order valence-electron chi connectivity index (χ2n) is 6.70. The van der Waals surface area contributed by atoms with Crippen LogP contribution in [0.5, 0.6) is 5.75 Å². The minimum Gasteiger partial charge on any atom is -0.463 e. The van der Waals surface area contributed by atoms with Gasteiger partial charge in [0.1, 0.15) is 42.0 Å². The van der Waals surface area contributed by atoms with Crippen molar-refractivity contribution < 1.29 is 34.3 Å². The van der Waals surface area contributed by atoms with E-state index in [1.165, 1.54) is 35.8 Å². The van der Waals surface area contributed by atoms with E-state index in [0.717, 1.165) is 5.01 Å². The highest BCUT2D eigenvalue weighted by molar-refractivity contribution is 7.09. The summed E-state index contributed by atoms with van der Waals surface area (Å²) in [5.41, 5.74) is 0.915. The molecule has 0 radical (unpaired) electrons. The van der Waals surface area contributed by atoms with E-state index in [0.29, 0.717) is 16.6 Å². The van der Waals surface area contributed by atoms with Gasteiger partial charge in [-0.3, -0.25) is 4.79 Å². The number of hydrogen-bond donors (Lipinski definition) is 4. The van der Waals surface area contributed by atoms with Crippen molar-refractivity contribution in [1.29, 1.82) is 0 Å². The van der Waals surface area contributed by atoms with Gasteiger partial charge in [0.15, 0.2) is 0 Å². The van der Waals surface area contributed by atoms with Crippen molar-refractivity contribution in [3.63, 3.8) is 0 Å². The number of fused-ring (bicyclic) bond motifs is 1. The molecule has 3 aromatic rings. The molecule has 0 aliphatic carbocycles. The van der Waals surface area contributed by atoms with Crippen LogP contribution in [0.15, 0.2) is 39.1 Å². The molecule has 3 heterocycles. The highest BCUT2D eigenvalue weighted by atomic mass is 32.1. The Morgan fingerprint density at radius 1 is 1.21 bits per heavy atom. The van der Waals surface area contributed by atoms with Gasteiger partial charge in [0.2, 0.25) is 11.7 Å². The van der Waals surface area contributed by atoms with Gasteiger partial charge in [0.25, 0.3) is 0 Å². The molecule has 1 fully saturated rings. The maximum absolute atomic E-state index is 12.8. The number of benzene rings is 1. The maximum atomic E-state index is 12.8. The molecule has 0 bridgehead atoms. The minimum atomic E-state index is -1.55. The topological polar surface area (TPSA) is 142 Å². The van der Waals surface area contributed by atoms with Crippen molar-refractivity contribution in [3.8, 4) is 17.0 Å². The van der Waals surface area contributed by atoms with E-state index in [-0.39, 0.29) is 16.8 Å². The molecule has 10 heteroatoms. The third-order valence-electron chi connectivity index (χ3n) is 4.74. The SMILES string of the molecule is Cc1nc(-c2coc3cc(O[C@H]4O[C@@H](CO)[C@H](O)[C@@H](O)[C@@H]4O)ccc3c2=O)cs1.